The molecular weight excluding hydrogens is 1800 g/mol. The number of ether oxygens (including phenoxy) is 9. The summed E-state index contributed by atoms with van der Waals surface area (Å²) in [5.41, 5.74) is 13.6. The van der Waals surface area contributed by atoms with E-state index in [4.69, 9.17) is 59.8 Å². The molecule has 0 atom stereocenters. The minimum atomic E-state index is -0.637. The van der Waals surface area contributed by atoms with Crippen LogP contribution in [0.5, 0.6) is 17.2 Å². The van der Waals surface area contributed by atoms with Crippen molar-refractivity contribution in [1.82, 2.24) is 29.4 Å². The summed E-state index contributed by atoms with van der Waals surface area (Å²) in [5.74, 6) is 1.42. The van der Waals surface area contributed by atoms with E-state index in [9.17, 15) is 43.2 Å². The number of methoxy groups -OCH3 is 3. The molecule has 0 radical (unpaired) electrons. The molecule has 0 spiro atoms. The zero-order valence-electron chi connectivity index (χ0n) is 82.8. The molecule has 2 aliphatic carbocycles. The van der Waals surface area contributed by atoms with E-state index >= 15 is 0 Å². The zero-order valence-corrected chi connectivity index (χ0v) is 83.7. The van der Waals surface area contributed by atoms with E-state index in [2.05, 4.69) is 95.9 Å². The molecular formula is C110H127N11O18S. The fourth-order valence-corrected chi connectivity index (χ4v) is 16.7. The highest BCUT2D eigenvalue weighted by Crippen LogP contribution is 2.38. The summed E-state index contributed by atoms with van der Waals surface area (Å²) in [6, 6.07) is 62.9. The SMILES string of the molecule is CCN(CC)c1ccc(/C=C2/OC(=NC3CCCCC3)N(C3CCCCC3)C2=O)cc1.CCN1C(=O)/C(=C\c2ccc(N(c3ccccc3)c3ccccc3)cc2)OC1=S.CCN1C(=O)O/C(=C/c2ccc(C)cc2)C1=O.CCN1C(=O)O/C(=C/c2ccc(C)cc2OC)C1=O.CCN1C(=O)O/C(=C/c2ccc(N(CC)CC)cc2OC)C1=O.CCN=C1O/C(=C/c2ccc(C)cc2OC)C(=O)N1CC. The molecule has 0 unspecified atom stereocenters. The van der Waals surface area contributed by atoms with Crippen molar-refractivity contribution in [3.63, 3.8) is 0 Å². The van der Waals surface area contributed by atoms with E-state index in [0.717, 1.165) is 128 Å². The zero-order chi connectivity index (χ0) is 101. The maximum Gasteiger partial charge on any atom is 0.422 e. The number of thiocarbonyl (C=S) groups is 1. The number of aliphatic imine (C=N–C) groups is 2. The second kappa shape index (κ2) is 51.5. The largest absolute Gasteiger partial charge is 0.496 e. The monoisotopic (exact) mass is 1920 g/mol. The van der Waals surface area contributed by atoms with Gasteiger partial charge in [-0.3, -0.25) is 43.5 Å². The average molecular weight is 1920 g/mol. The van der Waals surface area contributed by atoms with Crippen molar-refractivity contribution in [2.45, 2.75) is 166 Å². The van der Waals surface area contributed by atoms with Gasteiger partial charge in [0.25, 0.3) is 46.6 Å². The van der Waals surface area contributed by atoms with Crippen LogP contribution in [0.2, 0.25) is 0 Å². The standard InChI is InChI=1S/C26H37N3O2.C24H20N2O2S.C17H22N2O4.C16H20N2O3.C14H15NO4.C13H13NO3/c1-3-28(4-2)22-17-15-20(16-18-22)19-24-25(30)29(23-13-9-6-10-14-23)26(31-24)27-21-11-7-5-8-12-21;1-2-25-23(27)22(28-24(25)29)17-18-13-15-21(16-14-18)26(19-9-5-3-6-10-19)20-11-7-4-8-12-20;1-5-18(6-2)13-9-8-12(14(11-13)22-4)10-15-16(20)19(7-3)17(21)23-15;1-5-17-16-18(6-2)15(19)14(21-16)10-12-8-7-11(3)9-13(12)20-4;1-4-15-13(16)12(19-14(15)17)8-10-6-5-9(2)7-11(10)18-3;1-3-14-12(15)11(17-13(14)16)8-10-6-4-9(2)5-7-10/h15-19,21,23H,3-14H2,1-2H3;3-17H,2H2,1H3;8-11H,5-7H2,1-4H3;7-10H,5-6H2,1-4H3;5-8H,4H2,1-3H3;4-8H,3H2,1-2H3/b24-19+,27-26?;22-17+;15-10+;14-10+,17-16?;12-8+;11-8+. The summed E-state index contributed by atoms with van der Waals surface area (Å²) < 4.78 is 48.1. The number of cyclic esters (lactones) is 3. The second-order valence-electron chi connectivity index (χ2n) is 33.3. The van der Waals surface area contributed by atoms with Crippen LogP contribution in [0, 0.1) is 20.8 Å². The number of likely N-dealkylation sites (N-methyl/N-ethyl adjacent to an activating group) is 5. The fraction of sp³-hybridized carbons (Fsp3) is 0.345. The lowest BCUT2D eigenvalue weighted by atomic mass is 9.94. The fourth-order valence-electron chi connectivity index (χ4n) is 16.4. The predicted octanol–water partition coefficient (Wildman–Crippen LogP) is 21.6. The van der Waals surface area contributed by atoms with Crippen LogP contribution in [-0.4, -0.2) is 199 Å². The summed E-state index contributed by atoms with van der Waals surface area (Å²) in [6.07, 6.45) is 19.7. The van der Waals surface area contributed by atoms with Crippen molar-refractivity contribution < 1.29 is 85.8 Å². The van der Waals surface area contributed by atoms with Crippen LogP contribution in [0.4, 0.5) is 42.8 Å². The van der Waals surface area contributed by atoms with Crippen LogP contribution >= 0.6 is 12.2 Å². The number of para-hydroxylation sites is 2. The Hall–Kier alpha value is -14.9. The van der Waals surface area contributed by atoms with Gasteiger partial charge in [-0.15, -0.1) is 0 Å². The minimum absolute atomic E-state index is 0.0192. The molecule has 140 heavy (non-hydrogen) atoms. The molecule has 8 fully saturated rings. The Kier molecular flexibility index (Phi) is 38.8. The highest BCUT2D eigenvalue weighted by atomic mass is 32.1. The summed E-state index contributed by atoms with van der Waals surface area (Å²) in [6.45, 7) is 31.5. The number of amidine groups is 2. The smallest absolute Gasteiger partial charge is 0.422 e. The first-order chi connectivity index (χ1) is 67.7. The van der Waals surface area contributed by atoms with Crippen LogP contribution in [0.15, 0.2) is 233 Å². The van der Waals surface area contributed by atoms with Gasteiger partial charge in [0.1, 0.15) is 17.2 Å². The first-order valence-electron chi connectivity index (χ1n) is 47.9. The lowest BCUT2D eigenvalue weighted by Gasteiger charge is -2.29. The molecule has 736 valence electrons. The van der Waals surface area contributed by atoms with Gasteiger partial charge >= 0.3 is 24.3 Å². The summed E-state index contributed by atoms with van der Waals surface area (Å²) >= 11 is 5.11. The number of benzene rings is 8. The number of rotatable bonds is 26. The quantitative estimate of drug-likeness (QED) is 0.0276. The molecule has 8 aromatic carbocycles. The molecule has 29 nitrogen and oxygen atoms in total. The predicted molar refractivity (Wildman–Crippen MR) is 550 cm³/mol. The van der Waals surface area contributed by atoms with E-state index in [1.165, 1.54) is 60.1 Å². The number of anilines is 5. The van der Waals surface area contributed by atoms with Crippen LogP contribution in [0.3, 0.4) is 0 Å². The Balaban J connectivity index is 0.000000163. The van der Waals surface area contributed by atoms with Gasteiger partial charge in [-0.2, -0.15) is 0 Å². The van der Waals surface area contributed by atoms with Gasteiger partial charge in [-0.05, 0) is 265 Å². The highest BCUT2D eigenvalue weighted by Gasteiger charge is 2.43. The van der Waals surface area contributed by atoms with Crippen LogP contribution in [0.25, 0.3) is 36.5 Å². The molecule has 0 aromatic heterocycles. The Morgan fingerprint density at radius 1 is 0.343 bits per heavy atom. The third-order valence-corrected chi connectivity index (χ3v) is 24.4. The Morgan fingerprint density at radius 2 is 0.679 bits per heavy atom. The molecule has 30 heteroatoms. The van der Waals surface area contributed by atoms with Gasteiger partial charge in [-0.1, -0.05) is 153 Å². The van der Waals surface area contributed by atoms with Crippen LogP contribution in [-0.2, 0) is 57.2 Å². The van der Waals surface area contributed by atoms with Crippen LogP contribution < -0.4 is 28.9 Å². The van der Waals surface area contributed by atoms with Gasteiger partial charge in [0.15, 0.2) is 34.6 Å². The molecule has 8 aromatic rings. The number of carbonyl (C=O) groups excluding carboxylic acids is 9. The third-order valence-electron chi connectivity index (χ3n) is 24.1. The molecule has 8 aliphatic rings. The van der Waals surface area contributed by atoms with E-state index in [0.29, 0.717) is 78.9 Å². The lowest BCUT2D eigenvalue weighted by Crippen LogP contribution is -2.41. The maximum atomic E-state index is 13.4. The first kappa shape index (κ1) is 106. The highest BCUT2D eigenvalue weighted by molar-refractivity contribution is 7.80. The first-order valence-corrected chi connectivity index (χ1v) is 48.3. The van der Waals surface area contributed by atoms with E-state index in [1.54, 1.807) is 66.4 Å². The lowest BCUT2D eigenvalue weighted by molar-refractivity contribution is -0.125. The number of amides is 9. The molecule has 2 saturated carbocycles. The van der Waals surface area contributed by atoms with Crippen molar-refractivity contribution >= 4 is 148 Å². The van der Waals surface area contributed by atoms with E-state index in [-0.39, 0.29) is 76.2 Å². The van der Waals surface area contributed by atoms with Gasteiger partial charge in [0.05, 0.1) is 27.4 Å². The Labute approximate surface area is 826 Å². The van der Waals surface area contributed by atoms with E-state index in [1.807, 2.05) is 192 Å². The molecule has 9 amide bonds. The average Bonchev–Trinajstić information content (AvgIpc) is 1.60. The molecule has 0 bridgehead atoms. The second-order valence-corrected chi connectivity index (χ2v) is 33.6. The molecule has 6 saturated heterocycles. The molecule has 16 rings (SSSR count). The summed E-state index contributed by atoms with van der Waals surface area (Å²) in [4.78, 5) is 132. The number of carbonyl (C=O) groups is 9. The van der Waals surface area contributed by atoms with Crippen molar-refractivity contribution in [1.29, 1.82) is 0 Å². The van der Waals surface area contributed by atoms with Crippen LogP contribution in [0.1, 0.15) is 184 Å². The van der Waals surface area contributed by atoms with Gasteiger partial charge in [0, 0.05) is 123 Å². The molecule has 6 aliphatic heterocycles. The maximum absolute atomic E-state index is 13.4. The Morgan fingerprint density at radius 3 is 1.09 bits per heavy atom. The summed E-state index contributed by atoms with van der Waals surface area (Å²) in [5, 5.41) is 0.208. The van der Waals surface area contributed by atoms with Crippen molar-refractivity contribution in [3.8, 4) is 17.2 Å². The number of imide groups is 3. The normalized spacial score (nSPS) is 18.2. The van der Waals surface area contributed by atoms with Gasteiger partial charge in [0.2, 0.25) is 0 Å². The van der Waals surface area contributed by atoms with Gasteiger partial charge in [-0.25, -0.2) is 39.1 Å². The summed E-state index contributed by atoms with van der Waals surface area (Å²) in [7, 11) is 4.73. The molecule has 0 N–H and O–H groups in total. The van der Waals surface area contributed by atoms with Gasteiger partial charge < -0.3 is 57.3 Å². The van der Waals surface area contributed by atoms with E-state index < -0.39 is 30.1 Å². The topological polar surface area (TPSA) is 291 Å². The van der Waals surface area contributed by atoms with Crippen molar-refractivity contribution in [2.75, 3.05) is 101 Å². The number of hydrogen-bond acceptors (Lipinski definition) is 24. The number of nitrogens with zero attached hydrogens (tertiary/aromatic N) is 11. The Bertz CT molecular complexity index is 5950. The van der Waals surface area contributed by atoms with Crippen molar-refractivity contribution in [3.05, 3.63) is 273 Å². The molecule has 6 heterocycles. The number of aryl methyl sites for hydroxylation is 3. The van der Waals surface area contributed by atoms with Crippen molar-refractivity contribution in [2.24, 2.45) is 9.98 Å². The third kappa shape index (κ3) is 26.9. The minimum Gasteiger partial charge on any atom is -0.496 e. The number of hydrogen-bond donors (Lipinski definition) is 0.